The average molecular weight is 642 g/mol. The summed E-state index contributed by atoms with van der Waals surface area (Å²) in [5.74, 6) is 2.38. The Hall–Kier alpha value is -4.96. The SMILES string of the molecule is C=C1CCN(c2cccc(-c3ccc4cc(-c5nc6cc(C(=O)N7C[C@H]8CC[C@@H]7[C@@H]8N)cc(OC)c6n5C)n(CC5CC5)c4n3)c2)C1=O. The highest BCUT2D eigenvalue weighted by atomic mass is 16.5. The number of nitrogens with two attached hydrogens (primary N) is 1. The van der Waals surface area contributed by atoms with Crippen LogP contribution in [0.25, 0.3) is 44.8 Å². The van der Waals surface area contributed by atoms with E-state index in [4.69, 9.17) is 20.4 Å². The third-order valence-corrected chi connectivity index (χ3v) is 11.1. The van der Waals surface area contributed by atoms with Crippen molar-refractivity contribution in [2.45, 2.75) is 50.7 Å². The van der Waals surface area contributed by atoms with Crippen molar-refractivity contribution in [3.05, 3.63) is 72.3 Å². The van der Waals surface area contributed by atoms with Crippen molar-refractivity contribution in [3.8, 4) is 28.5 Å². The molecule has 2 amide bonds. The number of aromatic nitrogens is 4. The van der Waals surface area contributed by atoms with Gasteiger partial charge in [0.2, 0.25) is 0 Å². The van der Waals surface area contributed by atoms with E-state index >= 15 is 0 Å². The summed E-state index contributed by atoms with van der Waals surface area (Å²) in [6, 6.07) is 18.3. The van der Waals surface area contributed by atoms with Gasteiger partial charge in [0, 0.05) is 66.5 Å². The molecule has 0 radical (unpaired) electrons. The summed E-state index contributed by atoms with van der Waals surface area (Å²) < 4.78 is 10.2. The second-order valence-electron chi connectivity index (χ2n) is 14.0. The lowest BCUT2D eigenvalue weighted by Gasteiger charge is -2.27. The van der Waals surface area contributed by atoms with Crippen molar-refractivity contribution in [1.82, 2.24) is 24.0 Å². The van der Waals surface area contributed by atoms with E-state index in [9.17, 15) is 9.59 Å². The molecule has 2 aliphatic carbocycles. The van der Waals surface area contributed by atoms with Gasteiger partial charge in [0.05, 0.1) is 24.0 Å². The maximum atomic E-state index is 13.8. The van der Waals surface area contributed by atoms with Gasteiger partial charge < -0.3 is 29.4 Å². The number of hydrogen-bond donors (Lipinski definition) is 1. The fraction of sp³-hybridized carbons (Fsp3) is 0.368. The van der Waals surface area contributed by atoms with Crippen LogP contribution in [0.4, 0.5) is 5.69 Å². The van der Waals surface area contributed by atoms with E-state index in [-0.39, 0.29) is 23.9 Å². The van der Waals surface area contributed by atoms with Gasteiger partial charge in [-0.2, -0.15) is 0 Å². The Kier molecular flexibility index (Phi) is 6.56. The molecular formula is C38H39N7O3. The monoisotopic (exact) mass is 641 g/mol. The number of methoxy groups -OCH3 is 1. The van der Waals surface area contributed by atoms with Crippen molar-refractivity contribution in [3.63, 3.8) is 0 Å². The normalized spacial score (nSPS) is 22.2. The summed E-state index contributed by atoms with van der Waals surface area (Å²) in [6.07, 6.45) is 5.13. The smallest absolute Gasteiger partial charge is 0.254 e. The molecule has 2 saturated carbocycles. The lowest BCUT2D eigenvalue weighted by atomic mass is 10.1. The van der Waals surface area contributed by atoms with Crippen LogP contribution in [-0.2, 0) is 18.4 Å². The standard InChI is InChI=1S/C38H39N7O3/c1-21-13-14-43(37(21)46)27-6-4-5-23(15-27)28-11-9-24-17-31(44(35(24)40-28)19-22-7-8-22)36-41-29-16-26(18-32(48-3)34(29)42(36)2)38(47)45-20-25-10-12-30(45)33(25)39/h4-6,9,11,15-18,22,25,30,33H,1,7-8,10,12-14,19-20,39H2,2-3H3/t25-,30-,33-/m1/s1. The predicted molar refractivity (Wildman–Crippen MR) is 186 cm³/mol. The molecule has 10 heteroatoms. The minimum atomic E-state index is -0.0127. The number of hydrogen-bond acceptors (Lipinski definition) is 6. The van der Waals surface area contributed by atoms with E-state index in [1.165, 1.54) is 12.8 Å². The number of nitrogens with zero attached hydrogens (tertiary/aromatic N) is 6. The van der Waals surface area contributed by atoms with E-state index in [1.807, 2.05) is 54.4 Å². The summed E-state index contributed by atoms with van der Waals surface area (Å²) in [7, 11) is 3.65. The molecule has 244 valence electrons. The Morgan fingerprint density at radius 1 is 1.06 bits per heavy atom. The Morgan fingerprint density at radius 3 is 2.62 bits per heavy atom. The molecule has 2 N–H and O–H groups in total. The molecule has 0 spiro atoms. The first kappa shape index (κ1) is 29.2. The zero-order valence-electron chi connectivity index (χ0n) is 27.4. The number of amides is 2. The Morgan fingerprint density at radius 2 is 1.92 bits per heavy atom. The highest BCUT2D eigenvalue weighted by Gasteiger charge is 2.47. The number of ether oxygens (including phenoxy) is 1. The molecule has 10 nitrogen and oxygen atoms in total. The number of carbonyl (C=O) groups is 2. The van der Waals surface area contributed by atoms with Gasteiger partial charge in [0.1, 0.15) is 16.9 Å². The van der Waals surface area contributed by atoms with Gasteiger partial charge in [-0.15, -0.1) is 0 Å². The molecule has 48 heavy (non-hydrogen) atoms. The van der Waals surface area contributed by atoms with E-state index in [1.54, 1.807) is 12.0 Å². The van der Waals surface area contributed by atoms with Gasteiger partial charge in [-0.25, -0.2) is 9.97 Å². The number of rotatable bonds is 7. The molecule has 2 aromatic carbocycles. The first-order chi connectivity index (χ1) is 23.3. The second kappa shape index (κ2) is 10.8. The molecule has 3 aromatic heterocycles. The van der Waals surface area contributed by atoms with Crippen LogP contribution in [0, 0.1) is 11.8 Å². The number of piperidine rings is 1. The van der Waals surface area contributed by atoms with Crippen LogP contribution in [0.2, 0.25) is 0 Å². The molecule has 2 aliphatic heterocycles. The molecule has 3 atom stereocenters. The quantitative estimate of drug-likeness (QED) is 0.234. The number of fused-ring (bicyclic) bond motifs is 4. The minimum absolute atomic E-state index is 0.00673. The van der Waals surface area contributed by atoms with Crippen molar-refractivity contribution >= 4 is 39.6 Å². The van der Waals surface area contributed by atoms with Crippen LogP contribution >= 0.6 is 0 Å². The zero-order valence-corrected chi connectivity index (χ0v) is 27.4. The molecule has 5 aromatic rings. The summed E-state index contributed by atoms with van der Waals surface area (Å²) in [6.45, 7) is 6.13. The number of aryl methyl sites for hydroxylation is 1. The van der Waals surface area contributed by atoms with E-state index in [0.717, 1.165) is 69.9 Å². The van der Waals surface area contributed by atoms with Crippen molar-refractivity contribution in [1.29, 1.82) is 0 Å². The van der Waals surface area contributed by atoms with E-state index in [2.05, 4.69) is 27.8 Å². The Labute approximate surface area is 278 Å². The molecule has 4 fully saturated rings. The largest absolute Gasteiger partial charge is 0.494 e. The molecule has 4 aliphatic rings. The van der Waals surface area contributed by atoms with Crippen LogP contribution in [-0.4, -0.2) is 68.1 Å². The van der Waals surface area contributed by atoms with E-state index in [0.29, 0.717) is 48.2 Å². The number of carbonyl (C=O) groups excluding carboxylic acids is 2. The molecule has 2 saturated heterocycles. The first-order valence-corrected chi connectivity index (χ1v) is 17.0. The number of likely N-dealkylation sites (tertiary alicyclic amines) is 1. The lowest BCUT2D eigenvalue weighted by molar-refractivity contribution is -0.114. The van der Waals surface area contributed by atoms with Gasteiger partial charge in [-0.05, 0) is 86.4 Å². The van der Waals surface area contributed by atoms with Crippen molar-refractivity contribution in [2.75, 3.05) is 25.1 Å². The molecule has 0 unspecified atom stereocenters. The number of benzene rings is 2. The van der Waals surface area contributed by atoms with Crippen LogP contribution in [0.5, 0.6) is 5.75 Å². The van der Waals surface area contributed by atoms with Crippen LogP contribution < -0.4 is 15.4 Å². The van der Waals surface area contributed by atoms with Crippen LogP contribution in [0.15, 0.2) is 66.7 Å². The van der Waals surface area contributed by atoms with Crippen molar-refractivity contribution < 1.29 is 14.3 Å². The fourth-order valence-electron chi connectivity index (χ4n) is 8.21. The summed E-state index contributed by atoms with van der Waals surface area (Å²) >= 11 is 0. The zero-order chi connectivity index (χ0) is 32.8. The molecule has 9 rings (SSSR count). The number of pyridine rings is 1. The Balaban J connectivity index is 1.12. The topological polar surface area (TPSA) is 112 Å². The third-order valence-electron chi connectivity index (χ3n) is 11.1. The summed E-state index contributed by atoms with van der Waals surface area (Å²) in [4.78, 5) is 40.6. The van der Waals surface area contributed by atoms with Gasteiger partial charge in [-0.1, -0.05) is 18.7 Å². The van der Waals surface area contributed by atoms with Gasteiger partial charge >= 0.3 is 0 Å². The molecule has 5 heterocycles. The van der Waals surface area contributed by atoms with E-state index < -0.39 is 0 Å². The highest BCUT2D eigenvalue weighted by Crippen LogP contribution is 2.40. The molecular weight excluding hydrogens is 602 g/mol. The average Bonchev–Trinajstić information content (AvgIpc) is 3.28. The second-order valence-corrected chi connectivity index (χ2v) is 14.0. The number of imidazole rings is 1. The summed E-state index contributed by atoms with van der Waals surface area (Å²) in [5.41, 5.74) is 13.8. The first-order valence-electron chi connectivity index (χ1n) is 17.0. The van der Waals surface area contributed by atoms with Crippen molar-refractivity contribution in [2.24, 2.45) is 24.6 Å². The maximum absolute atomic E-state index is 13.8. The van der Waals surface area contributed by atoms with Gasteiger partial charge in [0.15, 0.2) is 5.82 Å². The summed E-state index contributed by atoms with van der Waals surface area (Å²) in [5, 5.41) is 1.03. The number of anilines is 1. The van der Waals surface area contributed by atoms with Gasteiger partial charge in [-0.3, -0.25) is 9.59 Å². The predicted octanol–water partition coefficient (Wildman–Crippen LogP) is 5.53. The fourth-order valence-corrected chi connectivity index (χ4v) is 8.21. The maximum Gasteiger partial charge on any atom is 0.254 e. The molecule has 2 bridgehead atoms. The van der Waals surface area contributed by atoms with Gasteiger partial charge in [0.25, 0.3) is 11.8 Å². The highest BCUT2D eigenvalue weighted by molar-refractivity contribution is 6.08. The van der Waals surface area contributed by atoms with Crippen LogP contribution in [0.3, 0.4) is 0 Å². The Bertz CT molecular complexity index is 2180. The van der Waals surface area contributed by atoms with Crippen LogP contribution in [0.1, 0.15) is 42.5 Å². The minimum Gasteiger partial charge on any atom is -0.494 e. The third kappa shape index (κ3) is 4.49. The lowest BCUT2D eigenvalue weighted by Crippen LogP contribution is -2.41.